The van der Waals surface area contributed by atoms with Gasteiger partial charge >= 0.3 is 5.97 Å². The van der Waals surface area contributed by atoms with Crippen LogP contribution in [-0.4, -0.2) is 66.3 Å². The second-order valence-corrected chi connectivity index (χ2v) is 6.14. The first kappa shape index (κ1) is 19.0. The highest BCUT2D eigenvalue weighted by atomic mass is 16.5. The summed E-state index contributed by atoms with van der Waals surface area (Å²) in [6.07, 6.45) is 0. The van der Waals surface area contributed by atoms with E-state index in [4.69, 9.17) is 9.47 Å². The number of esters is 1. The van der Waals surface area contributed by atoms with Crippen molar-refractivity contribution in [3.63, 3.8) is 0 Å². The molecule has 2 rings (SSSR count). The first-order valence-electron chi connectivity index (χ1n) is 8.94. The molecule has 1 fully saturated rings. The zero-order valence-electron chi connectivity index (χ0n) is 15.5. The maximum Gasteiger partial charge on any atom is 0.320 e. The molecule has 0 saturated carbocycles. The number of ether oxygens (including phenoxy) is 2. The lowest BCUT2D eigenvalue weighted by Crippen LogP contribution is -2.43. The van der Waals surface area contributed by atoms with Crippen LogP contribution >= 0.6 is 0 Å². The monoisotopic (exact) mass is 337 g/mol. The Labute approximate surface area is 145 Å². The summed E-state index contributed by atoms with van der Waals surface area (Å²) < 4.78 is 13.0. The molecule has 0 radical (unpaired) electrons. The molecule has 0 amide bonds. The van der Waals surface area contributed by atoms with E-state index in [2.05, 4.69) is 47.4 Å². The SMILES string of the molecule is CCOC(=O)CN1CCOCC1c1ccc(CN(CC)CC)n1C. The fourth-order valence-corrected chi connectivity index (χ4v) is 3.21. The van der Waals surface area contributed by atoms with Crippen molar-refractivity contribution in [1.29, 1.82) is 0 Å². The molecule has 0 N–H and O–H groups in total. The van der Waals surface area contributed by atoms with Crippen LogP contribution in [0.1, 0.15) is 38.2 Å². The van der Waals surface area contributed by atoms with Crippen molar-refractivity contribution in [2.24, 2.45) is 7.05 Å². The minimum atomic E-state index is -0.165. The minimum Gasteiger partial charge on any atom is -0.465 e. The molecule has 0 spiro atoms. The van der Waals surface area contributed by atoms with E-state index in [1.54, 1.807) is 0 Å². The Bertz CT molecular complexity index is 526. The smallest absolute Gasteiger partial charge is 0.320 e. The second kappa shape index (κ2) is 9.20. The fraction of sp³-hybridized carbons (Fsp3) is 0.722. The summed E-state index contributed by atoms with van der Waals surface area (Å²) in [5, 5.41) is 0. The summed E-state index contributed by atoms with van der Waals surface area (Å²) in [6, 6.07) is 4.44. The number of morpholine rings is 1. The third-order valence-corrected chi connectivity index (χ3v) is 4.76. The summed E-state index contributed by atoms with van der Waals surface area (Å²) in [4.78, 5) is 16.4. The summed E-state index contributed by atoms with van der Waals surface area (Å²) in [7, 11) is 2.10. The average Bonchev–Trinajstić information content (AvgIpc) is 2.94. The molecule has 136 valence electrons. The fourth-order valence-electron chi connectivity index (χ4n) is 3.21. The van der Waals surface area contributed by atoms with Crippen LogP contribution in [0.5, 0.6) is 0 Å². The lowest BCUT2D eigenvalue weighted by atomic mass is 10.1. The molecule has 24 heavy (non-hydrogen) atoms. The van der Waals surface area contributed by atoms with Crippen molar-refractivity contribution >= 4 is 5.97 Å². The van der Waals surface area contributed by atoms with Gasteiger partial charge in [0.15, 0.2) is 0 Å². The van der Waals surface area contributed by atoms with Gasteiger partial charge in [0, 0.05) is 31.5 Å². The number of aromatic nitrogens is 1. The maximum absolute atomic E-state index is 11.9. The van der Waals surface area contributed by atoms with Gasteiger partial charge in [0.05, 0.1) is 32.4 Å². The molecule has 6 nitrogen and oxygen atoms in total. The summed E-state index contributed by atoms with van der Waals surface area (Å²) >= 11 is 0. The second-order valence-electron chi connectivity index (χ2n) is 6.14. The molecule has 1 aliphatic rings. The Morgan fingerprint density at radius 3 is 2.75 bits per heavy atom. The predicted molar refractivity (Wildman–Crippen MR) is 93.8 cm³/mol. The van der Waals surface area contributed by atoms with Crippen LogP contribution in [0.25, 0.3) is 0 Å². The average molecular weight is 337 g/mol. The lowest BCUT2D eigenvalue weighted by molar-refractivity contribution is -0.147. The number of carbonyl (C=O) groups excluding carboxylic acids is 1. The lowest BCUT2D eigenvalue weighted by Gasteiger charge is -2.35. The van der Waals surface area contributed by atoms with E-state index in [0.29, 0.717) is 26.4 Å². The number of carbonyl (C=O) groups is 1. The standard InChI is InChI=1S/C18H31N3O3/c1-5-20(6-2)12-15-8-9-16(19(15)4)17-14-23-11-10-21(17)13-18(22)24-7-3/h8-9,17H,5-7,10-14H2,1-4H3. The summed E-state index contributed by atoms with van der Waals surface area (Å²) in [5.41, 5.74) is 2.48. The number of rotatable bonds is 8. The van der Waals surface area contributed by atoms with Crippen LogP contribution in [0.3, 0.4) is 0 Å². The van der Waals surface area contributed by atoms with Crippen molar-refractivity contribution in [2.75, 3.05) is 46.0 Å². The van der Waals surface area contributed by atoms with Gasteiger partial charge in [-0.15, -0.1) is 0 Å². The predicted octanol–water partition coefficient (Wildman–Crippen LogP) is 1.80. The van der Waals surface area contributed by atoms with Gasteiger partial charge in [0.25, 0.3) is 0 Å². The number of hydrogen-bond donors (Lipinski definition) is 0. The van der Waals surface area contributed by atoms with E-state index in [-0.39, 0.29) is 12.0 Å². The first-order chi connectivity index (χ1) is 11.6. The molecule has 0 bridgehead atoms. The molecule has 0 aliphatic carbocycles. The van der Waals surface area contributed by atoms with Crippen molar-refractivity contribution in [3.05, 3.63) is 23.5 Å². The molecule has 0 aromatic carbocycles. The third-order valence-electron chi connectivity index (χ3n) is 4.76. The Morgan fingerprint density at radius 1 is 1.33 bits per heavy atom. The highest BCUT2D eigenvalue weighted by molar-refractivity contribution is 5.71. The zero-order chi connectivity index (χ0) is 17.5. The minimum absolute atomic E-state index is 0.0959. The van der Waals surface area contributed by atoms with Crippen LogP contribution < -0.4 is 0 Å². The normalized spacial score (nSPS) is 19.0. The topological polar surface area (TPSA) is 46.9 Å². The Hall–Kier alpha value is -1.37. The van der Waals surface area contributed by atoms with Crippen LogP contribution in [-0.2, 0) is 27.9 Å². The highest BCUT2D eigenvalue weighted by Crippen LogP contribution is 2.26. The van der Waals surface area contributed by atoms with Crippen molar-refractivity contribution in [2.45, 2.75) is 33.4 Å². The van der Waals surface area contributed by atoms with E-state index in [1.807, 2.05) is 6.92 Å². The molecular formula is C18H31N3O3. The molecule has 1 saturated heterocycles. The van der Waals surface area contributed by atoms with Gasteiger partial charge in [0.1, 0.15) is 0 Å². The van der Waals surface area contributed by atoms with Gasteiger partial charge in [-0.2, -0.15) is 0 Å². The summed E-state index contributed by atoms with van der Waals surface area (Å²) in [5.74, 6) is -0.165. The Morgan fingerprint density at radius 2 is 2.08 bits per heavy atom. The molecule has 2 heterocycles. The molecule has 1 aliphatic heterocycles. The van der Waals surface area contributed by atoms with E-state index >= 15 is 0 Å². The summed E-state index contributed by atoms with van der Waals surface area (Å²) in [6.45, 7) is 12.0. The van der Waals surface area contributed by atoms with Crippen LogP contribution in [0.2, 0.25) is 0 Å². The number of nitrogens with zero attached hydrogens (tertiary/aromatic N) is 3. The molecule has 1 aromatic heterocycles. The van der Waals surface area contributed by atoms with Crippen molar-refractivity contribution in [1.82, 2.24) is 14.4 Å². The van der Waals surface area contributed by atoms with Gasteiger partial charge in [-0.3, -0.25) is 14.6 Å². The number of hydrogen-bond acceptors (Lipinski definition) is 5. The van der Waals surface area contributed by atoms with Gasteiger partial charge in [-0.1, -0.05) is 13.8 Å². The van der Waals surface area contributed by atoms with E-state index < -0.39 is 0 Å². The van der Waals surface area contributed by atoms with E-state index in [0.717, 1.165) is 26.2 Å². The maximum atomic E-state index is 11.9. The van der Waals surface area contributed by atoms with E-state index in [1.165, 1.54) is 11.4 Å². The van der Waals surface area contributed by atoms with Gasteiger partial charge in [-0.25, -0.2) is 0 Å². The van der Waals surface area contributed by atoms with Crippen LogP contribution in [0.15, 0.2) is 12.1 Å². The Balaban J connectivity index is 2.12. The molecule has 1 atom stereocenters. The molecule has 1 aromatic rings. The highest BCUT2D eigenvalue weighted by Gasteiger charge is 2.29. The molecule has 1 unspecified atom stereocenters. The van der Waals surface area contributed by atoms with Gasteiger partial charge in [0.2, 0.25) is 0 Å². The third kappa shape index (κ3) is 4.59. The molecular weight excluding hydrogens is 306 g/mol. The first-order valence-corrected chi connectivity index (χ1v) is 8.94. The zero-order valence-corrected chi connectivity index (χ0v) is 15.5. The van der Waals surface area contributed by atoms with Crippen LogP contribution in [0.4, 0.5) is 0 Å². The van der Waals surface area contributed by atoms with Crippen molar-refractivity contribution in [3.8, 4) is 0 Å². The quantitative estimate of drug-likeness (QED) is 0.677. The van der Waals surface area contributed by atoms with Crippen molar-refractivity contribution < 1.29 is 14.3 Å². The van der Waals surface area contributed by atoms with Crippen LogP contribution in [0, 0.1) is 0 Å². The van der Waals surface area contributed by atoms with Gasteiger partial charge in [-0.05, 0) is 32.1 Å². The largest absolute Gasteiger partial charge is 0.465 e. The van der Waals surface area contributed by atoms with E-state index in [9.17, 15) is 4.79 Å². The van der Waals surface area contributed by atoms with Gasteiger partial charge < -0.3 is 14.0 Å². The Kier molecular flexibility index (Phi) is 7.27. The molecule has 6 heteroatoms.